The van der Waals surface area contributed by atoms with Crippen molar-refractivity contribution in [3.63, 3.8) is 0 Å². The van der Waals surface area contributed by atoms with Crippen molar-refractivity contribution in [2.75, 3.05) is 38.5 Å². The van der Waals surface area contributed by atoms with Crippen molar-refractivity contribution in [1.82, 2.24) is 9.80 Å². The third-order valence-electron chi connectivity index (χ3n) is 5.03. The third kappa shape index (κ3) is 5.58. The highest BCUT2D eigenvalue weighted by atomic mass is 19.4. The van der Waals surface area contributed by atoms with Gasteiger partial charge < -0.3 is 15.1 Å². The minimum atomic E-state index is -5.05. The topological polar surface area (TPSA) is 52.6 Å². The molecule has 0 aliphatic carbocycles. The van der Waals surface area contributed by atoms with Crippen LogP contribution in [0.1, 0.15) is 31.8 Å². The Balaban J connectivity index is 1.76. The number of alkyl halides is 6. The molecule has 1 fully saturated rings. The van der Waals surface area contributed by atoms with Gasteiger partial charge in [0, 0.05) is 43.0 Å². The van der Waals surface area contributed by atoms with Gasteiger partial charge in [-0.05, 0) is 49.5 Å². The molecule has 0 bridgehead atoms. The number of likely N-dealkylation sites (N-methyl/N-ethyl adjacent to an activating group) is 1. The van der Waals surface area contributed by atoms with E-state index in [0.717, 1.165) is 13.1 Å². The van der Waals surface area contributed by atoms with Gasteiger partial charge in [0.2, 0.25) is 0 Å². The molecule has 1 N–H and O–H groups in total. The van der Waals surface area contributed by atoms with Gasteiger partial charge in [-0.1, -0.05) is 0 Å². The lowest BCUT2D eigenvalue weighted by Crippen LogP contribution is -2.47. The zero-order valence-corrected chi connectivity index (χ0v) is 16.8. The molecule has 5 nitrogen and oxygen atoms in total. The molecule has 11 heteroatoms. The first kappa shape index (κ1) is 23.6. The molecule has 2 aromatic rings. The maximum atomic E-state index is 13.0. The van der Waals surface area contributed by atoms with Crippen LogP contribution in [0.15, 0.2) is 42.5 Å². The molecule has 1 saturated heterocycles. The van der Waals surface area contributed by atoms with E-state index in [1.165, 1.54) is 24.3 Å². The fourth-order valence-corrected chi connectivity index (χ4v) is 3.18. The first-order chi connectivity index (χ1) is 14.8. The lowest BCUT2D eigenvalue weighted by atomic mass is 10.0. The Morgan fingerprint density at radius 3 is 1.75 bits per heavy atom. The molecule has 0 spiro atoms. The molecule has 2 aromatic carbocycles. The van der Waals surface area contributed by atoms with Gasteiger partial charge in [-0.2, -0.15) is 26.3 Å². The predicted octanol–water partition coefficient (Wildman–Crippen LogP) is 4.36. The van der Waals surface area contributed by atoms with Crippen LogP contribution < -0.4 is 5.32 Å². The summed E-state index contributed by atoms with van der Waals surface area (Å²) in [5.41, 5.74) is -3.47. The Labute approximate surface area is 179 Å². The monoisotopic (exact) mass is 459 g/mol. The van der Waals surface area contributed by atoms with Crippen LogP contribution in [0.25, 0.3) is 0 Å². The molecule has 3 rings (SSSR count). The maximum Gasteiger partial charge on any atom is 0.416 e. The highest BCUT2D eigenvalue weighted by Gasteiger charge is 2.37. The lowest BCUT2D eigenvalue weighted by molar-refractivity contribution is -0.143. The van der Waals surface area contributed by atoms with Crippen LogP contribution in [0.2, 0.25) is 0 Å². The van der Waals surface area contributed by atoms with E-state index in [1.54, 1.807) is 4.90 Å². The number of hydrogen-bond donors (Lipinski definition) is 1. The van der Waals surface area contributed by atoms with Gasteiger partial charge in [0.15, 0.2) is 0 Å². The van der Waals surface area contributed by atoms with Gasteiger partial charge in [0.05, 0.1) is 11.1 Å². The average molecular weight is 459 g/mol. The summed E-state index contributed by atoms with van der Waals surface area (Å²) in [6.45, 7) is 2.59. The number of nitrogens with one attached hydrogen (secondary N) is 1. The third-order valence-corrected chi connectivity index (χ3v) is 5.03. The quantitative estimate of drug-likeness (QED) is 0.694. The van der Waals surface area contributed by atoms with Crippen LogP contribution in [0, 0.1) is 0 Å². The number of rotatable bonds is 3. The van der Waals surface area contributed by atoms with E-state index in [9.17, 15) is 35.9 Å². The largest absolute Gasteiger partial charge is 0.416 e. The van der Waals surface area contributed by atoms with E-state index in [-0.39, 0.29) is 17.7 Å². The first-order valence-electron chi connectivity index (χ1n) is 9.53. The van der Waals surface area contributed by atoms with E-state index < -0.39 is 35.0 Å². The van der Waals surface area contributed by atoms with Crippen molar-refractivity contribution in [3.8, 4) is 0 Å². The summed E-state index contributed by atoms with van der Waals surface area (Å²) in [4.78, 5) is 28.6. The Morgan fingerprint density at radius 2 is 1.28 bits per heavy atom. The second-order valence-electron chi connectivity index (χ2n) is 7.42. The predicted molar refractivity (Wildman–Crippen MR) is 104 cm³/mol. The summed E-state index contributed by atoms with van der Waals surface area (Å²) in [6.07, 6.45) is -10.1. The van der Waals surface area contributed by atoms with Crippen LogP contribution in [-0.2, 0) is 12.4 Å². The van der Waals surface area contributed by atoms with Crippen LogP contribution in [0.3, 0.4) is 0 Å². The van der Waals surface area contributed by atoms with E-state index in [4.69, 9.17) is 0 Å². The molecule has 1 heterocycles. The number of carbonyl (C=O) groups excluding carboxylic acids is 2. The van der Waals surface area contributed by atoms with Crippen molar-refractivity contribution in [2.45, 2.75) is 12.4 Å². The van der Waals surface area contributed by atoms with Crippen molar-refractivity contribution < 1.29 is 35.9 Å². The van der Waals surface area contributed by atoms with Gasteiger partial charge in [-0.25, -0.2) is 0 Å². The van der Waals surface area contributed by atoms with Crippen molar-refractivity contribution >= 4 is 17.5 Å². The second kappa shape index (κ2) is 8.81. The van der Waals surface area contributed by atoms with E-state index in [0.29, 0.717) is 30.8 Å². The number of anilines is 1. The number of nitrogens with zero attached hydrogens (tertiary/aromatic N) is 2. The van der Waals surface area contributed by atoms with Crippen LogP contribution >= 0.6 is 0 Å². The number of halogens is 6. The molecule has 0 radical (unpaired) electrons. The lowest BCUT2D eigenvalue weighted by Gasteiger charge is -2.32. The fourth-order valence-electron chi connectivity index (χ4n) is 3.18. The Hall–Kier alpha value is -3.08. The van der Waals surface area contributed by atoms with Gasteiger partial charge in [-0.15, -0.1) is 0 Å². The van der Waals surface area contributed by atoms with E-state index >= 15 is 0 Å². The molecule has 1 aliphatic rings. The molecule has 0 saturated carbocycles. The number of piperazine rings is 1. The van der Waals surface area contributed by atoms with Crippen LogP contribution in [0.4, 0.5) is 32.0 Å². The van der Waals surface area contributed by atoms with E-state index in [1.807, 2.05) is 7.05 Å². The zero-order valence-electron chi connectivity index (χ0n) is 16.8. The minimum absolute atomic E-state index is 0.0461. The maximum absolute atomic E-state index is 13.0. The van der Waals surface area contributed by atoms with E-state index in [2.05, 4.69) is 10.2 Å². The van der Waals surface area contributed by atoms with Gasteiger partial charge in [-0.3, -0.25) is 9.59 Å². The molecule has 32 heavy (non-hydrogen) atoms. The van der Waals surface area contributed by atoms with Crippen molar-refractivity contribution in [2.24, 2.45) is 0 Å². The Morgan fingerprint density at radius 1 is 0.781 bits per heavy atom. The fraction of sp³-hybridized carbons (Fsp3) is 0.333. The first-order valence-corrected chi connectivity index (χ1v) is 9.53. The summed E-state index contributed by atoms with van der Waals surface area (Å²) >= 11 is 0. The Bertz CT molecular complexity index is 962. The summed E-state index contributed by atoms with van der Waals surface area (Å²) < 4.78 is 77.9. The highest BCUT2D eigenvalue weighted by Crippen LogP contribution is 2.36. The molecule has 2 amide bonds. The van der Waals surface area contributed by atoms with Crippen LogP contribution in [0.5, 0.6) is 0 Å². The SMILES string of the molecule is CN1CCN(C(=O)c2ccc(NC(=O)c3cc(C(F)(F)F)cc(C(F)(F)F)c3)cc2)CC1. The molecule has 0 aromatic heterocycles. The molecular formula is C21H19F6N3O2. The molecule has 172 valence electrons. The highest BCUT2D eigenvalue weighted by molar-refractivity contribution is 6.05. The minimum Gasteiger partial charge on any atom is -0.336 e. The number of benzene rings is 2. The zero-order chi connectivity index (χ0) is 23.7. The Kier molecular flexibility index (Phi) is 6.49. The summed E-state index contributed by atoms with van der Waals surface area (Å²) in [6, 6.07) is 6.26. The average Bonchev–Trinajstić information content (AvgIpc) is 2.73. The summed E-state index contributed by atoms with van der Waals surface area (Å²) in [7, 11) is 1.95. The molecule has 0 atom stereocenters. The normalized spacial score (nSPS) is 15.5. The van der Waals surface area contributed by atoms with Gasteiger partial charge >= 0.3 is 12.4 Å². The standard InChI is InChI=1S/C21H19F6N3O2/c1-29-6-8-30(9-7-29)19(32)13-2-4-17(5-3-13)28-18(31)14-10-15(20(22,23)24)12-16(11-14)21(25,26)27/h2-5,10-12H,6-9H2,1H3,(H,28,31). The van der Waals surface area contributed by atoms with Crippen molar-refractivity contribution in [3.05, 3.63) is 64.7 Å². The van der Waals surface area contributed by atoms with Crippen molar-refractivity contribution in [1.29, 1.82) is 0 Å². The molecule has 1 aliphatic heterocycles. The van der Waals surface area contributed by atoms with Gasteiger partial charge in [0.25, 0.3) is 11.8 Å². The van der Waals surface area contributed by atoms with Gasteiger partial charge in [0.1, 0.15) is 0 Å². The summed E-state index contributed by atoms with van der Waals surface area (Å²) in [5.74, 6) is -1.34. The number of hydrogen-bond acceptors (Lipinski definition) is 3. The number of amides is 2. The number of carbonyl (C=O) groups is 2. The molecular weight excluding hydrogens is 440 g/mol. The van der Waals surface area contributed by atoms with Crippen LogP contribution in [-0.4, -0.2) is 54.8 Å². The second-order valence-corrected chi connectivity index (χ2v) is 7.42. The summed E-state index contributed by atoms with van der Waals surface area (Å²) in [5, 5.41) is 2.26. The smallest absolute Gasteiger partial charge is 0.336 e. The molecule has 0 unspecified atom stereocenters.